The molecule has 0 saturated carbocycles. The Morgan fingerprint density at radius 2 is 1.96 bits per heavy atom. The fourth-order valence-electron chi connectivity index (χ4n) is 3.46. The fourth-order valence-corrected chi connectivity index (χ4v) is 3.46. The van der Waals surface area contributed by atoms with E-state index in [0.717, 1.165) is 29.3 Å². The standard InChI is InChI=1S/C23H22N2O3/c1-16(26)7-6-14-25-15-19(18-10-2-3-11-20(18)25)23(27)28-21-12-4-8-17-9-5-13-24-22(17)21/h2-5,8-13,15-16,26H,6-7,14H2,1H3/t16-/m0/s1. The van der Waals surface area contributed by atoms with Gasteiger partial charge in [0, 0.05) is 35.2 Å². The zero-order chi connectivity index (χ0) is 19.5. The molecule has 28 heavy (non-hydrogen) atoms. The number of para-hydroxylation sites is 2. The first-order valence-electron chi connectivity index (χ1n) is 9.45. The summed E-state index contributed by atoms with van der Waals surface area (Å²) in [7, 11) is 0. The molecule has 4 aromatic rings. The van der Waals surface area contributed by atoms with E-state index in [1.165, 1.54) is 0 Å². The van der Waals surface area contributed by atoms with Crippen molar-refractivity contribution >= 4 is 27.8 Å². The van der Waals surface area contributed by atoms with Crippen LogP contribution in [-0.4, -0.2) is 26.7 Å². The first-order valence-corrected chi connectivity index (χ1v) is 9.45. The number of esters is 1. The van der Waals surface area contributed by atoms with Gasteiger partial charge in [-0.1, -0.05) is 36.4 Å². The number of rotatable bonds is 6. The number of ether oxygens (including phenoxy) is 1. The maximum Gasteiger partial charge on any atom is 0.345 e. The molecule has 0 aliphatic carbocycles. The minimum atomic E-state index is -0.399. The molecule has 1 N–H and O–H groups in total. The van der Waals surface area contributed by atoms with Crippen LogP contribution < -0.4 is 4.74 Å². The average Bonchev–Trinajstić information content (AvgIpc) is 3.07. The number of aryl methyl sites for hydroxylation is 1. The number of aliphatic hydroxyl groups is 1. The van der Waals surface area contributed by atoms with Crippen LogP contribution in [0.5, 0.6) is 5.75 Å². The zero-order valence-corrected chi connectivity index (χ0v) is 15.7. The minimum Gasteiger partial charge on any atom is -0.421 e. The molecule has 2 aromatic heterocycles. The Morgan fingerprint density at radius 1 is 1.14 bits per heavy atom. The number of carbonyl (C=O) groups is 1. The molecule has 2 heterocycles. The van der Waals surface area contributed by atoms with Crippen molar-refractivity contribution in [2.45, 2.75) is 32.4 Å². The summed E-state index contributed by atoms with van der Waals surface area (Å²) in [4.78, 5) is 17.3. The molecule has 0 spiro atoms. The van der Waals surface area contributed by atoms with Crippen molar-refractivity contribution in [1.82, 2.24) is 9.55 Å². The van der Waals surface area contributed by atoms with Gasteiger partial charge in [0.05, 0.1) is 11.7 Å². The smallest absolute Gasteiger partial charge is 0.345 e. The van der Waals surface area contributed by atoms with Crippen LogP contribution >= 0.6 is 0 Å². The largest absolute Gasteiger partial charge is 0.421 e. The van der Waals surface area contributed by atoms with E-state index < -0.39 is 5.97 Å². The van der Waals surface area contributed by atoms with Gasteiger partial charge in [-0.3, -0.25) is 4.98 Å². The van der Waals surface area contributed by atoms with Crippen molar-refractivity contribution in [3.63, 3.8) is 0 Å². The summed E-state index contributed by atoms with van der Waals surface area (Å²) in [6.07, 6.45) is 4.75. The molecule has 5 heteroatoms. The van der Waals surface area contributed by atoms with Crippen LogP contribution in [0, 0.1) is 0 Å². The third-order valence-corrected chi connectivity index (χ3v) is 4.83. The van der Waals surface area contributed by atoms with Gasteiger partial charge in [-0.2, -0.15) is 0 Å². The third-order valence-electron chi connectivity index (χ3n) is 4.83. The van der Waals surface area contributed by atoms with E-state index in [4.69, 9.17) is 4.74 Å². The van der Waals surface area contributed by atoms with Crippen molar-refractivity contribution in [1.29, 1.82) is 0 Å². The van der Waals surface area contributed by atoms with Crippen LogP contribution in [0.1, 0.15) is 30.1 Å². The van der Waals surface area contributed by atoms with Gasteiger partial charge in [-0.25, -0.2) is 4.79 Å². The van der Waals surface area contributed by atoms with Gasteiger partial charge in [0.1, 0.15) is 5.52 Å². The number of benzene rings is 2. The monoisotopic (exact) mass is 374 g/mol. The predicted molar refractivity (Wildman–Crippen MR) is 110 cm³/mol. The Balaban J connectivity index is 1.65. The van der Waals surface area contributed by atoms with Crippen molar-refractivity contribution in [3.05, 3.63) is 72.6 Å². The number of aliphatic hydroxyl groups excluding tert-OH is 1. The van der Waals surface area contributed by atoms with Gasteiger partial charge < -0.3 is 14.4 Å². The van der Waals surface area contributed by atoms with E-state index in [1.807, 2.05) is 54.7 Å². The summed E-state index contributed by atoms with van der Waals surface area (Å²) in [5.74, 6) is 0.0534. The van der Waals surface area contributed by atoms with Gasteiger partial charge in [-0.15, -0.1) is 0 Å². The van der Waals surface area contributed by atoms with Crippen LogP contribution in [0.25, 0.3) is 21.8 Å². The van der Waals surface area contributed by atoms with Gasteiger partial charge in [0.15, 0.2) is 5.75 Å². The highest BCUT2D eigenvalue weighted by Crippen LogP contribution is 2.27. The normalized spacial score (nSPS) is 12.4. The molecule has 4 rings (SSSR count). The molecular weight excluding hydrogens is 352 g/mol. The highest BCUT2D eigenvalue weighted by Gasteiger charge is 2.18. The van der Waals surface area contributed by atoms with Crippen molar-refractivity contribution < 1.29 is 14.6 Å². The molecule has 0 amide bonds. The lowest BCUT2D eigenvalue weighted by Gasteiger charge is -2.07. The van der Waals surface area contributed by atoms with E-state index >= 15 is 0 Å². The van der Waals surface area contributed by atoms with Crippen LogP contribution in [0.2, 0.25) is 0 Å². The van der Waals surface area contributed by atoms with Gasteiger partial charge in [0.25, 0.3) is 0 Å². The molecule has 0 bridgehead atoms. The molecule has 0 saturated heterocycles. The molecule has 0 aliphatic heterocycles. The molecule has 0 radical (unpaired) electrons. The number of hydrogen-bond donors (Lipinski definition) is 1. The number of pyridine rings is 1. The summed E-state index contributed by atoms with van der Waals surface area (Å²) in [5, 5.41) is 11.3. The van der Waals surface area contributed by atoms with Crippen molar-refractivity contribution in [3.8, 4) is 5.75 Å². The second-order valence-corrected chi connectivity index (χ2v) is 6.97. The molecule has 0 unspecified atom stereocenters. The summed E-state index contributed by atoms with van der Waals surface area (Å²) in [5.41, 5.74) is 2.18. The lowest BCUT2D eigenvalue weighted by atomic mass is 10.2. The number of fused-ring (bicyclic) bond motifs is 2. The van der Waals surface area contributed by atoms with Crippen LogP contribution in [0.4, 0.5) is 0 Å². The number of hydrogen-bond acceptors (Lipinski definition) is 4. The second-order valence-electron chi connectivity index (χ2n) is 6.97. The van der Waals surface area contributed by atoms with Crippen molar-refractivity contribution in [2.75, 3.05) is 0 Å². The fraction of sp³-hybridized carbons (Fsp3) is 0.217. The lowest BCUT2D eigenvalue weighted by Crippen LogP contribution is -2.09. The van der Waals surface area contributed by atoms with Gasteiger partial charge >= 0.3 is 5.97 Å². The van der Waals surface area contributed by atoms with Gasteiger partial charge in [-0.05, 0) is 38.0 Å². The maximum atomic E-state index is 13.0. The molecule has 0 aliphatic rings. The van der Waals surface area contributed by atoms with E-state index in [9.17, 15) is 9.90 Å². The van der Waals surface area contributed by atoms with Crippen LogP contribution in [0.15, 0.2) is 67.0 Å². The van der Waals surface area contributed by atoms with Crippen LogP contribution in [0.3, 0.4) is 0 Å². The van der Waals surface area contributed by atoms with Crippen molar-refractivity contribution in [2.24, 2.45) is 0 Å². The van der Waals surface area contributed by atoms with Crippen LogP contribution in [-0.2, 0) is 6.54 Å². The maximum absolute atomic E-state index is 13.0. The summed E-state index contributed by atoms with van der Waals surface area (Å²) >= 11 is 0. The Bertz CT molecular complexity index is 1130. The Morgan fingerprint density at radius 3 is 2.82 bits per heavy atom. The summed E-state index contributed by atoms with van der Waals surface area (Å²) in [6.45, 7) is 2.52. The number of carbonyl (C=O) groups excluding carboxylic acids is 1. The molecule has 5 nitrogen and oxygen atoms in total. The third kappa shape index (κ3) is 3.62. The molecule has 2 aromatic carbocycles. The Kier molecular flexibility index (Phi) is 5.08. The highest BCUT2D eigenvalue weighted by molar-refractivity contribution is 6.05. The SMILES string of the molecule is C[C@H](O)CCCn1cc(C(=O)Oc2cccc3cccnc23)c2ccccc21. The minimum absolute atomic E-state index is 0.329. The van der Waals surface area contributed by atoms with E-state index in [-0.39, 0.29) is 6.10 Å². The number of nitrogens with zero attached hydrogens (tertiary/aromatic N) is 2. The highest BCUT2D eigenvalue weighted by atomic mass is 16.5. The molecule has 0 fully saturated rings. The zero-order valence-electron chi connectivity index (χ0n) is 15.7. The topological polar surface area (TPSA) is 64.4 Å². The molecule has 142 valence electrons. The van der Waals surface area contributed by atoms with E-state index in [1.54, 1.807) is 19.2 Å². The van der Waals surface area contributed by atoms with E-state index in [0.29, 0.717) is 23.3 Å². The number of aromatic nitrogens is 2. The van der Waals surface area contributed by atoms with E-state index in [2.05, 4.69) is 9.55 Å². The Hall–Kier alpha value is -3.18. The molecule has 1 atom stereocenters. The predicted octanol–water partition coefficient (Wildman–Crippen LogP) is 4.57. The Labute approximate surface area is 163 Å². The quantitative estimate of drug-likeness (QED) is 0.397. The first kappa shape index (κ1) is 18.2. The molecular formula is C23H22N2O3. The summed E-state index contributed by atoms with van der Waals surface area (Å²) in [6, 6.07) is 17.1. The second kappa shape index (κ2) is 7.82. The lowest BCUT2D eigenvalue weighted by molar-refractivity contribution is 0.0738. The first-order chi connectivity index (χ1) is 13.6. The average molecular weight is 374 g/mol. The van der Waals surface area contributed by atoms with Gasteiger partial charge in [0.2, 0.25) is 0 Å². The summed E-state index contributed by atoms with van der Waals surface area (Å²) < 4.78 is 7.77.